The number of carbonyl (C=O) groups is 4. The van der Waals surface area contributed by atoms with Crippen molar-refractivity contribution in [2.75, 3.05) is 13.7 Å². The Morgan fingerprint density at radius 1 is 1.02 bits per heavy atom. The zero-order valence-electron chi connectivity index (χ0n) is 25.7. The van der Waals surface area contributed by atoms with Crippen LogP contribution in [0.25, 0.3) is 0 Å². The summed E-state index contributed by atoms with van der Waals surface area (Å²) >= 11 is 3.29. The fourth-order valence-corrected chi connectivity index (χ4v) is 8.56. The maximum atomic E-state index is 14.2. The van der Waals surface area contributed by atoms with Gasteiger partial charge in [0.15, 0.2) is 0 Å². The Bertz CT molecular complexity index is 1490. The minimum atomic E-state index is -4.24. The van der Waals surface area contributed by atoms with Gasteiger partial charge >= 0.3 is 12.1 Å². The van der Waals surface area contributed by atoms with Gasteiger partial charge < -0.3 is 25.0 Å². The fraction of sp³-hybridized carbons (Fsp3) is 0.625. The highest BCUT2D eigenvalue weighted by molar-refractivity contribution is 9.10. The summed E-state index contributed by atoms with van der Waals surface area (Å²) < 4.78 is 43.3. The van der Waals surface area contributed by atoms with Crippen LogP contribution in [0, 0.1) is 17.8 Å². The molecule has 3 aliphatic carbocycles. The van der Waals surface area contributed by atoms with E-state index in [0.29, 0.717) is 35.6 Å². The molecule has 4 fully saturated rings. The molecule has 3 saturated carbocycles. The molecule has 1 aromatic carbocycles. The summed E-state index contributed by atoms with van der Waals surface area (Å²) in [6, 6.07) is 3.78. The SMILES string of the molecule is COC(=O)[C@@]12C[C@H]1/C=C\CCCCC[C@H](NC(=O)O[C@@H]1C[C@@H]3C[C@@H]3C1)C(=O)N1C[C@@H](OS(=O)(=O)c3ccc(Br)cc3)C[C@H]1C(=O)N2. The number of hydrogen-bond donors (Lipinski definition) is 2. The molecule has 14 heteroatoms. The van der Waals surface area contributed by atoms with Gasteiger partial charge in [0.25, 0.3) is 10.1 Å². The molecule has 6 rings (SSSR count). The van der Waals surface area contributed by atoms with Crippen molar-refractivity contribution in [2.24, 2.45) is 17.8 Å². The standard InChI is InChI=1S/C32H40BrN3O9S/c1-43-30(39)32-17-21(32)7-5-3-2-4-6-8-26(34-31(40)44-23-14-19-13-20(19)15-23)29(38)36-18-24(16-27(36)28(37)35-32)45-46(41,42)25-11-9-22(33)10-12-25/h5,7,9-12,19-21,23-24,26-27H,2-4,6,8,13-18H2,1H3,(H,34,40)(H,35,37)/b7-5-/t19-,20+,21-,23+,24+,26+,27+,32-/m1/s1. The molecule has 250 valence electrons. The first-order valence-corrected chi connectivity index (χ1v) is 18.2. The van der Waals surface area contributed by atoms with Crippen molar-refractivity contribution in [3.8, 4) is 0 Å². The molecule has 0 bridgehead atoms. The van der Waals surface area contributed by atoms with Crippen molar-refractivity contribution in [1.82, 2.24) is 15.5 Å². The van der Waals surface area contributed by atoms with E-state index < -0.39 is 57.7 Å². The minimum absolute atomic E-state index is 0.0694. The smallest absolute Gasteiger partial charge is 0.408 e. The lowest BCUT2D eigenvalue weighted by molar-refractivity contribution is -0.148. The van der Waals surface area contributed by atoms with E-state index in [1.54, 1.807) is 12.1 Å². The molecule has 2 heterocycles. The van der Waals surface area contributed by atoms with Gasteiger partial charge in [-0.15, -0.1) is 0 Å². The fourth-order valence-electron chi connectivity index (χ4n) is 7.22. The molecule has 0 aromatic heterocycles. The average molecular weight is 723 g/mol. The molecule has 5 aliphatic rings. The Morgan fingerprint density at radius 3 is 2.48 bits per heavy atom. The number of alkyl carbamates (subject to hydrolysis) is 1. The van der Waals surface area contributed by atoms with Gasteiger partial charge in [-0.25, -0.2) is 9.59 Å². The van der Waals surface area contributed by atoms with Crippen LogP contribution in [0.15, 0.2) is 45.8 Å². The highest BCUT2D eigenvalue weighted by atomic mass is 79.9. The number of nitrogens with one attached hydrogen (secondary N) is 2. The minimum Gasteiger partial charge on any atom is -0.467 e. The number of benzene rings is 1. The first-order valence-electron chi connectivity index (χ1n) is 16.0. The molecule has 2 N–H and O–H groups in total. The van der Waals surface area contributed by atoms with Gasteiger partial charge in [0.1, 0.15) is 23.7 Å². The number of nitrogens with zero attached hydrogens (tertiary/aromatic N) is 1. The second-order valence-electron chi connectivity index (χ2n) is 13.1. The predicted octanol–water partition coefficient (Wildman–Crippen LogP) is 3.59. The number of ether oxygens (including phenoxy) is 2. The summed E-state index contributed by atoms with van der Waals surface area (Å²) in [5.74, 6) is -0.793. The molecule has 0 spiro atoms. The van der Waals surface area contributed by atoms with Crippen molar-refractivity contribution >= 4 is 49.9 Å². The number of esters is 1. The van der Waals surface area contributed by atoms with Crippen LogP contribution in [0.4, 0.5) is 4.79 Å². The summed E-state index contributed by atoms with van der Waals surface area (Å²) in [7, 11) is -2.98. The maximum Gasteiger partial charge on any atom is 0.408 e. The van der Waals surface area contributed by atoms with E-state index in [-0.39, 0.29) is 29.9 Å². The third kappa shape index (κ3) is 7.13. The first-order chi connectivity index (χ1) is 22.0. The number of amides is 3. The molecule has 2 aliphatic heterocycles. The largest absolute Gasteiger partial charge is 0.467 e. The molecule has 0 radical (unpaired) electrons. The number of rotatable bonds is 6. The van der Waals surface area contributed by atoms with Gasteiger partial charge in [0.05, 0.1) is 18.1 Å². The Labute approximate surface area is 277 Å². The molecule has 1 saturated heterocycles. The van der Waals surface area contributed by atoms with Crippen LogP contribution in [0.1, 0.15) is 64.2 Å². The lowest BCUT2D eigenvalue weighted by atomic mass is 10.0. The molecule has 8 atom stereocenters. The molecule has 3 amide bonds. The monoisotopic (exact) mass is 721 g/mol. The number of fused-ring (bicyclic) bond motifs is 3. The van der Waals surface area contributed by atoms with Gasteiger partial charge in [0, 0.05) is 23.4 Å². The summed E-state index contributed by atoms with van der Waals surface area (Å²) in [5.41, 5.74) is -1.27. The van der Waals surface area contributed by atoms with E-state index in [9.17, 15) is 27.6 Å². The Balaban J connectivity index is 1.24. The van der Waals surface area contributed by atoms with Crippen LogP contribution in [0.3, 0.4) is 0 Å². The van der Waals surface area contributed by atoms with Crippen LogP contribution < -0.4 is 10.6 Å². The van der Waals surface area contributed by atoms with E-state index in [2.05, 4.69) is 26.6 Å². The van der Waals surface area contributed by atoms with E-state index in [1.165, 1.54) is 30.6 Å². The van der Waals surface area contributed by atoms with Crippen LogP contribution >= 0.6 is 15.9 Å². The van der Waals surface area contributed by atoms with Crippen LogP contribution in [0.5, 0.6) is 0 Å². The lowest BCUT2D eigenvalue weighted by Crippen LogP contribution is -2.56. The molecule has 0 unspecified atom stereocenters. The molecule has 1 aromatic rings. The van der Waals surface area contributed by atoms with E-state index in [4.69, 9.17) is 13.7 Å². The summed E-state index contributed by atoms with van der Waals surface area (Å²) in [6.45, 7) is -0.208. The van der Waals surface area contributed by atoms with E-state index in [0.717, 1.165) is 32.1 Å². The van der Waals surface area contributed by atoms with Crippen molar-refractivity contribution < 1.29 is 41.3 Å². The number of methoxy groups -OCH3 is 1. The van der Waals surface area contributed by atoms with Gasteiger partial charge in [-0.1, -0.05) is 40.9 Å². The Kier molecular flexibility index (Phi) is 9.50. The lowest BCUT2D eigenvalue weighted by Gasteiger charge is -2.29. The topological polar surface area (TPSA) is 157 Å². The summed E-state index contributed by atoms with van der Waals surface area (Å²) in [4.78, 5) is 55.1. The van der Waals surface area contributed by atoms with Crippen LogP contribution in [-0.4, -0.2) is 80.7 Å². The zero-order chi connectivity index (χ0) is 32.6. The third-order valence-corrected chi connectivity index (χ3v) is 11.8. The Morgan fingerprint density at radius 2 is 1.76 bits per heavy atom. The Hall–Kier alpha value is -2.97. The highest BCUT2D eigenvalue weighted by Gasteiger charge is 2.62. The first kappa shape index (κ1) is 33.0. The van der Waals surface area contributed by atoms with E-state index >= 15 is 0 Å². The number of allylic oxidation sites excluding steroid dienone is 1. The van der Waals surface area contributed by atoms with E-state index in [1.807, 2.05) is 12.2 Å². The van der Waals surface area contributed by atoms with Gasteiger partial charge in [-0.2, -0.15) is 8.42 Å². The van der Waals surface area contributed by atoms with Crippen molar-refractivity contribution in [1.29, 1.82) is 0 Å². The highest BCUT2D eigenvalue weighted by Crippen LogP contribution is 2.52. The van der Waals surface area contributed by atoms with Crippen LogP contribution in [0.2, 0.25) is 0 Å². The summed E-state index contributed by atoms with van der Waals surface area (Å²) in [6.07, 6.45) is 8.39. The second kappa shape index (κ2) is 13.3. The van der Waals surface area contributed by atoms with Crippen molar-refractivity contribution in [2.45, 2.75) is 98.9 Å². The molecular weight excluding hydrogens is 682 g/mol. The molecule has 12 nitrogen and oxygen atoms in total. The zero-order valence-corrected chi connectivity index (χ0v) is 28.1. The van der Waals surface area contributed by atoms with Crippen molar-refractivity contribution in [3.05, 3.63) is 40.9 Å². The second-order valence-corrected chi connectivity index (χ2v) is 15.6. The normalized spacial score (nSPS) is 34.9. The van der Waals surface area contributed by atoms with Gasteiger partial charge in [-0.05, 0) is 81.0 Å². The van der Waals surface area contributed by atoms with Crippen molar-refractivity contribution in [3.63, 3.8) is 0 Å². The van der Waals surface area contributed by atoms with Gasteiger partial charge in [-0.3, -0.25) is 13.8 Å². The maximum absolute atomic E-state index is 14.2. The summed E-state index contributed by atoms with van der Waals surface area (Å²) in [5, 5.41) is 5.59. The molecule has 46 heavy (non-hydrogen) atoms. The quantitative estimate of drug-likeness (QED) is 0.255. The number of halogens is 1. The number of carbonyl (C=O) groups excluding carboxylic acids is 4. The number of hydrogen-bond acceptors (Lipinski definition) is 9. The molecular formula is C32H40BrN3O9S. The third-order valence-electron chi connectivity index (χ3n) is 9.92. The van der Waals surface area contributed by atoms with Crippen LogP contribution in [-0.2, 0) is 38.2 Å². The van der Waals surface area contributed by atoms with Gasteiger partial charge in [0.2, 0.25) is 11.8 Å². The average Bonchev–Trinajstić information content (AvgIpc) is 3.81. The predicted molar refractivity (Wildman–Crippen MR) is 168 cm³/mol.